The van der Waals surface area contributed by atoms with Gasteiger partial charge >= 0.3 is 0 Å². The van der Waals surface area contributed by atoms with Crippen LogP contribution in [-0.2, 0) is 0 Å². The van der Waals surface area contributed by atoms with Crippen LogP contribution in [0.5, 0.6) is 0 Å². The minimum atomic E-state index is -0.0425. The van der Waals surface area contributed by atoms with Crippen molar-refractivity contribution < 1.29 is 9.21 Å². The van der Waals surface area contributed by atoms with Crippen molar-refractivity contribution in [3.05, 3.63) is 29.0 Å². The molecule has 2 heterocycles. The van der Waals surface area contributed by atoms with Crippen molar-refractivity contribution in [2.45, 2.75) is 13.8 Å². The molecular formula is C12H14N2O2S. The molecule has 0 atom stereocenters. The standard InChI is InChI=1S/C12H14N2O2S/c1-4-14(3)12(15)10-8(2)17-11(13-10)9-6-5-7-16-9/h5-7H,4H2,1-3H3. The van der Waals surface area contributed by atoms with Crippen LogP contribution < -0.4 is 0 Å². The first-order valence-electron chi connectivity index (χ1n) is 5.40. The molecule has 1 amide bonds. The summed E-state index contributed by atoms with van der Waals surface area (Å²) in [6.07, 6.45) is 1.60. The Hall–Kier alpha value is -1.62. The number of amides is 1. The Morgan fingerprint density at radius 2 is 2.35 bits per heavy atom. The van der Waals surface area contributed by atoms with Crippen LogP contribution in [0.15, 0.2) is 22.8 Å². The predicted molar refractivity (Wildman–Crippen MR) is 67.2 cm³/mol. The van der Waals surface area contributed by atoms with Gasteiger partial charge in [0, 0.05) is 18.5 Å². The first-order valence-corrected chi connectivity index (χ1v) is 6.22. The molecule has 17 heavy (non-hydrogen) atoms. The molecule has 0 aliphatic heterocycles. The summed E-state index contributed by atoms with van der Waals surface area (Å²) in [7, 11) is 1.77. The van der Waals surface area contributed by atoms with Crippen molar-refractivity contribution >= 4 is 17.2 Å². The van der Waals surface area contributed by atoms with Gasteiger partial charge in [0.05, 0.1) is 6.26 Å². The predicted octanol–water partition coefficient (Wildman–Crippen LogP) is 2.80. The maximum atomic E-state index is 12.0. The number of nitrogens with zero attached hydrogens (tertiary/aromatic N) is 2. The molecular weight excluding hydrogens is 236 g/mol. The van der Waals surface area contributed by atoms with Gasteiger partial charge in [-0.05, 0) is 26.0 Å². The van der Waals surface area contributed by atoms with Gasteiger partial charge in [-0.3, -0.25) is 4.79 Å². The van der Waals surface area contributed by atoms with Crippen LogP contribution in [0.4, 0.5) is 0 Å². The molecule has 0 N–H and O–H groups in total. The van der Waals surface area contributed by atoms with Gasteiger partial charge in [0.15, 0.2) is 10.8 Å². The number of hydrogen-bond acceptors (Lipinski definition) is 4. The van der Waals surface area contributed by atoms with E-state index in [-0.39, 0.29) is 5.91 Å². The molecule has 0 unspecified atom stereocenters. The summed E-state index contributed by atoms with van der Waals surface area (Å²) in [6, 6.07) is 3.65. The Morgan fingerprint density at radius 3 is 2.94 bits per heavy atom. The molecule has 0 saturated heterocycles. The molecule has 0 radical (unpaired) electrons. The fourth-order valence-electron chi connectivity index (χ4n) is 1.42. The molecule has 2 aromatic heterocycles. The lowest BCUT2D eigenvalue weighted by atomic mass is 10.3. The van der Waals surface area contributed by atoms with E-state index in [4.69, 9.17) is 4.42 Å². The molecule has 0 spiro atoms. The molecule has 90 valence electrons. The van der Waals surface area contributed by atoms with E-state index in [2.05, 4.69) is 4.98 Å². The SMILES string of the molecule is CCN(C)C(=O)c1nc(-c2ccco2)sc1C. The first kappa shape index (κ1) is 11.9. The maximum Gasteiger partial charge on any atom is 0.273 e. The number of furan rings is 1. The van der Waals surface area contributed by atoms with Gasteiger partial charge in [-0.2, -0.15) is 0 Å². The number of rotatable bonds is 3. The highest BCUT2D eigenvalue weighted by Gasteiger charge is 2.19. The molecule has 0 aromatic carbocycles. The largest absolute Gasteiger partial charge is 0.462 e. The van der Waals surface area contributed by atoms with E-state index >= 15 is 0 Å². The minimum Gasteiger partial charge on any atom is -0.462 e. The summed E-state index contributed by atoms with van der Waals surface area (Å²) in [5.41, 5.74) is 0.519. The molecule has 0 fully saturated rings. The Labute approximate surface area is 104 Å². The Morgan fingerprint density at radius 1 is 1.59 bits per heavy atom. The van der Waals surface area contributed by atoms with Crippen molar-refractivity contribution in [3.8, 4) is 10.8 Å². The summed E-state index contributed by atoms with van der Waals surface area (Å²) < 4.78 is 5.28. The molecule has 4 nitrogen and oxygen atoms in total. The summed E-state index contributed by atoms with van der Waals surface area (Å²) in [6.45, 7) is 4.51. The Kier molecular flexibility index (Phi) is 3.28. The van der Waals surface area contributed by atoms with Crippen LogP contribution in [0.2, 0.25) is 0 Å². The molecule has 0 saturated carbocycles. The monoisotopic (exact) mass is 250 g/mol. The number of hydrogen-bond donors (Lipinski definition) is 0. The smallest absolute Gasteiger partial charge is 0.273 e. The van der Waals surface area contributed by atoms with E-state index in [1.165, 1.54) is 11.3 Å². The quantitative estimate of drug-likeness (QED) is 0.841. The second-order valence-corrected chi connectivity index (χ2v) is 4.92. The zero-order valence-corrected chi connectivity index (χ0v) is 10.9. The summed E-state index contributed by atoms with van der Waals surface area (Å²) >= 11 is 1.48. The van der Waals surface area contributed by atoms with E-state index in [0.717, 1.165) is 9.88 Å². The van der Waals surface area contributed by atoms with Gasteiger partial charge in [-0.15, -0.1) is 11.3 Å². The minimum absolute atomic E-state index is 0.0425. The van der Waals surface area contributed by atoms with Crippen molar-refractivity contribution in [2.75, 3.05) is 13.6 Å². The number of aryl methyl sites for hydroxylation is 1. The lowest BCUT2D eigenvalue weighted by molar-refractivity contribution is 0.0797. The normalized spacial score (nSPS) is 10.5. The summed E-state index contributed by atoms with van der Waals surface area (Å²) in [5, 5.41) is 0.750. The van der Waals surface area contributed by atoms with Gasteiger partial charge < -0.3 is 9.32 Å². The zero-order chi connectivity index (χ0) is 12.4. The van der Waals surface area contributed by atoms with Gasteiger partial charge in [0.25, 0.3) is 5.91 Å². The third-order valence-corrected chi connectivity index (χ3v) is 3.54. The lowest BCUT2D eigenvalue weighted by Crippen LogP contribution is -2.27. The summed E-state index contributed by atoms with van der Waals surface area (Å²) in [4.78, 5) is 18.9. The van der Waals surface area contributed by atoms with Crippen LogP contribution >= 0.6 is 11.3 Å². The second kappa shape index (κ2) is 4.71. The number of thiazole rings is 1. The van der Waals surface area contributed by atoms with E-state index in [1.54, 1.807) is 18.2 Å². The molecule has 2 rings (SSSR count). The van der Waals surface area contributed by atoms with Gasteiger partial charge in [-0.25, -0.2) is 4.98 Å². The van der Waals surface area contributed by atoms with Gasteiger partial charge in [0.1, 0.15) is 5.69 Å². The highest BCUT2D eigenvalue weighted by atomic mass is 32.1. The zero-order valence-electron chi connectivity index (χ0n) is 10.1. The van der Waals surface area contributed by atoms with Gasteiger partial charge in [-0.1, -0.05) is 0 Å². The highest BCUT2D eigenvalue weighted by molar-refractivity contribution is 7.15. The molecule has 0 bridgehead atoms. The number of aromatic nitrogens is 1. The average molecular weight is 250 g/mol. The second-order valence-electron chi connectivity index (χ2n) is 3.72. The average Bonchev–Trinajstić information content (AvgIpc) is 2.95. The lowest BCUT2D eigenvalue weighted by Gasteiger charge is -2.12. The van der Waals surface area contributed by atoms with Crippen LogP contribution in [0, 0.1) is 6.92 Å². The van der Waals surface area contributed by atoms with Crippen LogP contribution in [-0.4, -0.2) is 29.4 Å². The molecule has 2 aromatic rings. The van der Waals surface area contributed by atoms with Crippen LogP contribution in [0.1, 0.15) is 22.3 Å². The third-order valence-electron chi connectivity index (χ3n) is 2.55. The topological polar surface area (TPSA) is 46.3 Å². The van der Waals surface area contributed by atoms with Crippen molar-refractivity contribution in [1.29, 1.82) is 0 Å². The third kappa shape index (κ3) is 2.24. The fraction of sp³-hybridized carbons (Fsp3) is 0.333. The molecule has 0 aliphatic carbocycles. The van der Waals surface area contributed by atoms with Crippen LogP contribution in [0.3, 0.4) is 0 Å². The van der Waals surface area contributed by atoms with Gasteiger partial charge in [0.2, 0.25) is 0 Å². The van der Waals surface area contributed by atoms with E-state index in [0.29, 0.717) is 18.0 Å². The molecule has 5 heteroatoms. The van der Waals surface area contributed by atoms with Crippen molar-refractivity contribution in [2.24, 2.45) is 0 Å². The van der Waals surface area contributed by atoms with E-state index in [9.17, 15) is 4.79 Å². The fourth-order valence-corrected chi connectivity index (χ4v) is 2.30. The van der Waals surface area contributed by atoms with Crippen LogP contribution in [0.25, 0.3) is 10.8 Å². The summed E-state index contributed by atoms with van der Waals surface area (Å²) in [5.74, 6) is 0.662. The number of carbonyl (C=O) groups is 1. The van der Waals surface area contributed by atoms with Crippen molar-refractivity contribution in [3.63, 3.8) is 0 Å². The number of carbonyl (C=O) groups excluding carboxylic acids is 1. The Balaban J connectivity index is 2.34. The van der Waals surface area contributed by atoms with Crippen molar-refractivity contribution in [1.82, 2.24) is 9.88 Å². The highest BCUT2D eigenvalue weighted by Crippen LogP contribution is 2.28. The molecule has 0 aliphatic rings. The maximum absolute atomic E-state index is 12.0. The first-order chi connectivity index (χ1) is 8.13. The Bertz CT molecular complexity index is 517. The van der Waals surface area contributed by atoms with E-state index < -0.39 is 0 Å². The van der Waals surface area contributed by atoms with E-state index in [1.807, 2.05) is 26.0 Å².